The van der Waals surface area contributed by atoms with E-state index >= 15 is 0 Å². The molecular weight excluding hydrogens is 470 g/mol. The third-order valence-corrected chi connectivity index (χ3v) is 6.72. The molecule has 0 spiro atoms. The van der Waals surface area contributed by atoms with Gasteiger partial charge in [0.25, 0.3) is 11.1 Å². The van der Waals surface area contributed by atoms with Gasteiger partial charge in [-0.15, -0.1) is 0 Å². The van der Waals surface area contributed by atoms with Gasteiger partial charge in [0.2, 0.25) is 5.91 Å². The van der Waals surface area contributed by atoms with Gasteiger partial charge in [0.15, 0.2) is 0 Å². The van der Waals surface area contributed by atoms with Crippen LogP contribution in [0.15, 0.2) is 41.3 Å². The number of rotatable bonds is 8. The van der Waals surface area contributed by atoms with Crippen LogP contribution in [0.25, 0.3) is 6.08 Å². The van der Waals surface area contributed by atoms with Gasteiger partial charge in [-0.05, 0) is 61.0 Å². The number of nitrogens with one attached hydrogen (secondary N) is 1. The molecular formula is C25H27N3O6S. The third kappa shape index (κ3) is 5.37. The number of nitrogens with zero attached hydrogens (tertiary/aromatic N) is 2. The Labute approximate surface area is 208 Å². The minimum absolute atomic E-state index is 0.210. The summed E-state index contributed by atoms with van der Waals surface area (Å²) in [4.78, 5) is 41.3. The zero-order chi connectivity index (χ0) is 24.9. The van der Waals surface area contributed by atoms with E-state index in [2.05, 4.69) is 10.2 Å². The van der Waals surface area contributed by atoms with Gasteiger partial charge in [0.05, 0.1) is 31.9 Å². The molecule has 2 saturated heterocycles. The Morgan fingerprint density at radius 3 is 2.31 bits per heavy atom. The maximum absolute atomic E-state index is 13.0. The first kappa shape index (κ1) is 24.5. The van der Waals surface area contributed by atoms with Crippen LogP contribution in [0.3, 0.4) is 0 Å². The maximum atomic E-state index is 13.0. The van der Waals surface area contributed by atoms with E-state index in [-0.39, 0.29) is 11.4 Å². The number of amides is 3. The Morgan fingerprint density at radius 2 is 1.69 bits per heavy atom. The fourth-order valence-corrected chi connectivity index (χ4v) is 4.85. The highest BCUT2D eigenvalue weighted by Gasteiger charge is 2.36. The van der Waals surface area contributed by atoms with Crippen molar-refractivity contribution in [3.63, 3.8) is 0 Å². The molecule has 0 unspecified atom stereocenters. The molecule has 0 atom stereocenters. The van der Waals surface area contributed by atoms with Crippen molar-refractivity contribution in [2.45, 2.75) is 12.8 Å². The number of anilines is 2. The predicted octanol–water partition coefficient (Wildman–Crippen LogP) is 3.99. The topological polar surface area (TPSA) is 97.4 Å². The number of imide groups is 1. The number of benzene rings is 2. The van der Waals surface area contributed by atoms with E-state index in [0.717, 1.165) is 48.3 Å². The zero-order valence-corrected chi connectivity index (χ0v) is 20.6. The Kier molecular flexibility index (Phi) is 7.50. The molecule has 0 bridgehead atoms. The average molecular weight is 498 g/mol. The lowest BCUT2D eigenvalue weighted by Crippen LogP contribution is -2.36. The fourth-order valence-electron chi connectivity index (χ4n) is 4.02. The summed E-state index contributed by atoms with van der Waals surface area (Å²) in [6, 6.07) is 10.5. The van der Waals surface area contributed by atoms with Crippen LogP contribution >= 0.6 is 11.8 Å². The lowest BCUT2D eigenvalue weighted by molar-refractivity contribution is -0.127. The van der Waals surface area contributed by atoms with Crippen LogP contribution in [-0.2, 0) is 9.59 Å². The van der Waals surface area contributed by atoms with Crippen molar-refractivity contribution in [1.29, 1.82) is 0 Å². The second-order valence-electron chi connectivity index (χ2n) is 8.00. The molecule has 184 valence electrons. The predicted molar refractivity (Wildman–Crippen MR) is 135 cm³/mol. The monoisotopic (exact) mass is 497 g/mol. The summed E-state index contributed by atoms with van der Waals surface area (Å²) in [7, 11) is 4.71. The van der Waals surface area contributed by atoms with E-state index < -0.39 is 17.1 Å². The largest absolute Gasteiger partial charge is 0.497 e. The maximum Gasteiger partial charge on any atom is 0.294 e. The van der Waals surface area contributed by atoms with Crippen molar-refractivity contribution in [1.82, 2.24) is 4.90 Å². The van der Waals surface area contributed by atoms with Gasteiger partial charge in [0.1, 0.15) is 23.8 Å². The molecule has 2 aliphatic heterocycles. The fraction of sp³-hybridized carbons (Fsp3) is 0.320. The summed E-state index contributed by atoms with van der Waals surface area (Å²) >= 11 is 0.787. The van der Waals surface area contributed by atoms with Crippen LogP contribution in [0, 0.1) is 0 Å². The van der Waals surface area contributed by atoms with E-state index in [4.69, 9.17) is 14.2 Å². The minimum atomic E-state index is -0.533. The first-order valence-electron chi connectivity index (χ1n) is 11.1. The van der Waals surface area contributed by atoms with E-state index in [1.54, 1.807) is 57.7 Å². The van der Waals surface area contributed by atoms with E-state index in [1.807, 2.05) is 6.07 Å². The van der Waals surface area contributed by atoms with Crippen LogP contribution < -0.4 is 24.4 Å². The molecule has 0 aromatic heterocycles. The molecule has 2 aromatic carbocycles. The van der Waals surface area contributed by atoms with Gasteiger partial charge in [-0.2, -0.15) is 0 Å². The number of carbonyl (C=O) groups is 3. The van der Waals surface area contributed by atoms with Crippen LogP contribution in [-0.4, -0.2) is 62.9 Å². The van der Waals surface area contributed by atoms with Gasteiger partial charge in [0, 0.05) is 30.4 Å². The normalized spacial score (nSPS) is 16.7. The molecule has 10 heteroatoms. The van der Waals surface area contributed by atoms with Gasteiger partial charge >= 0.3 is 0 Å². The molecule has 1 N–H and O–H groups in total. The third-order valence-electron chi connectivity index (χ3n) is 5.81. The van der Waals surface area contributed by atoms with Gasteiger partial charge in [-0.1, -0.05) is 0 Å². The summed E-state index contributed by atoms with van der Waals surface area (Å²) in [6.07, 6.45) is 3.83. The van der Waals surface area contributed by atoms with E-state index in [1.165, 1.54) is 0 Å². The van der Waals surface area contributed by atoms with Crippen molar-refractivity contribution in [2.24, 2.45) is 0 Å². The van der Waals surface area contributed by atoms with E-state index in [0.29, 0.717) is 28.5 Å². The summed E-state index contributed by atoms with van der Waals surface area (Å²) < 4.78 is 16.3. The average Bonchev–Trinajstić information content (AvgIpc) is 3.49. The summed E-state index contributed by atoms with van der Waals surface area (Å²) in [5.74, 6) is 0.871. The minimum Gasteiger partial charge on any atom is -0.497 e. The van der Waals surface area contributed by atoms with Crippen LogP contribution in [0.5, 0.6) is 17.2 Å². The van der Waals surface area contributed by atoms with Gasteiger partial charge in [-0.25, -0.2) is 0 Å². The molecule has 2 heterocycles. The highest BCUT2D eigenvalue weighted by atomic mass is 32.2. The van der Waals surface area contributed by atoms with Crippen molar-refractivity contribution in [3.8, 4) is 17.2 Å². The first-order chi connectivity index (χ1) is 16.9. The lowest BCUT2D eigenvalue weighted by atomic mass is 10.1. The highest BCUT2D eigenvalue weighted by Crippen LogP contribution is 2.40. The smallest absolute Gasteiger partial charge is 0.294 e. The first-order valence-corrected chi connectivity index (χ1v) is 12.0. The van der Waals surface area contributed by atoms with Crippen molar-refractivity contribution in [2.75, 3.05) is 51.2 Å². The highest BCUT2D eigenvalue weighted by molar-refractivity contribution is 8.18. The summed E-state index contributed by atoms with van der Waals surface area (Å²) in [5.41, 5.74) is 2.08. The van der Waals surface area contributed by atoms with E-state index in [9.17, 15) is 14.4 Å². The molecule has 35 heavy (non-hydrogen) atoms. The lowest BCUT2D eigenvalue weighted by Gasteiger charge is -2.22. The van der Waals surface area contributed by atoms with Gasteiger partial charge < -0.3 is 24.4 Å². The molecule has 2 fully saturated rings. The number of thioether (sulfide) groups is 1. The van der Waals surface area contributed by atoms with Crippen molar-refractivity contribution < 1.29 is 28.6 Å². The quantitative estimate of drug-likeness (QED) is 0.547. The molecule has 0 saturated carbocycles. The standard InChI is InChI=1S/C25H27N3O6S/c1-32-18-8-6-17(7-9-18)26-23(29)15-28-24(30)22(35-25(28)31)13-16-12-21(34-3)19(14-20(16)33-2)27-10-4-5-11-27/h6-9,12-14H,4-5,10-11,15H2,1-3H3,(H,26,29)/b22-13-. The molecule has 0 aliphatic carbocycles. The number of carbonyl (C=O) groups excluding carboxylic acids is 3. The Bertz CT molecular complexity index is 1160. The summed E-state index contributed by atoms with van der Waals surface area (Å²) in [5, 5.41) is 2.17. The van der Waals surface area contributed by atoms with Crippen LogP contribution in [0.1, 0.15) is 18.4 Å². The molecule has 9 nitrogen and oxygen atoms in total. The molecule has 3 amide bonds. The Morgan fingerprint density at radius 1 is 1.00 bits per heavy atom. The molecule has 4 rings (SSSR count). The number of hydrogen-bond donors (Lipinski definition) is 1. The Hall–Kier alpha value is -3.66. The van der Waals surface area contributed by atoms with Gasteiger partial charge in [-0.3, -0.25) is 19.3 Å². The van der Waals surface area contributed by atoms with Crippen LogP contribution in [0.2, 0.25) is 0 Å². The molecule has 0 radical (unpaired) electrons. The second-order valence-corrected chi connectivity index (χ2v) is 9.00. The zero-order valence-electron chi connectivity index (χ0n) is 19.8. The van der Waals surface area contributed by atoms with Crippen molar-refractivity contribution in [3.05, 3.63) is 46.9 Å². The number of ether oxygens (including phenoxy) is 3. The molecule has 2 aliphatic rings. The SMILES string of the molecule is COc1ccc(NC(=O)CN2C(=O)S/C(=C\c3cc(OC)c(N4CCCC4)cc3OC)C2=O)cc1. The Balaban J connectivity index is 1.51. The second kappa shape index (κ2) is 10.7. The summed E-state index contributed by atoms with van der Waals surface area (Å²) in [6.45, 7) is 1.50. The van der Waals surface area contributed by atoms with Crippen molar-refractivity contribution >= 4 is 46.3 Å². The number of methoxy groups -OCH3 is 3. The molecule has 2 aromatic rings. The van der Waals surface area contributed by atoms with Crippen LogP contribution in [0.4, 0.5) is 16.2 Å². The number of hydrogen-bond acceptors (Lipinski definition) is 8.